The lowest BCUT2D eigenvalue weighted by atomic mass is 9.92. The van der Waals surface area contributed by atoms with Crippen molar-refractivity contribution in [2.45, 2.75) is 38.6 Å². The third-order valence-corrected chi connectivity index (χ3v) is 4.32. The number of rotatable bonds is 5. The van der Waals surface area contributed by atoms with Crippen LogP contribution in [0, 0.1) is 5.92 Å². The summed E-state index contributed by atoms with van der Waals surface area (Å²) in [5, 5.41) is 11.9. The molecular weight excluding hydrogens is 284 g/mol. The second-order valence-electron chi connectivity index (χ2n) is 5.80. The van der Waals surface area contributed by atoms with E-state index >= 15 is 0 Å². The van der Waals surface area contributed by atoms with Gasteiger partial charge < -0.3 is 15.3 Å². The van der Waals surface area contributed by atoms with Gasteiger partial charge in [0.05, 0.1) is 6.20 Å². The molecule has 1 fully saturated rings. The van der Waals surface area contributed by atoms with Gasteiger partial charge in [-0.25, -0.2) is 9.78 Å². The van der Waals surface area contributed by atoms with Gasteiger partial charge in [-0.3, -0.25) is 9.78 Å². The highest BCUT2D eigenvalue weighted by molar-refractivity contribution is 5.87. The number of nitrogens with one attached hydrogen (secondary N) is 1. The molecule has 0 aromatic carbocycles. The summed E-state index contributed by atoms with van der Waals surface area (Å²) >= 11 is 0. The second kappa shape index (κ2) is 6.72. The maximum Gasteiger partial charge on any atom is 0.329 e. The highest BCUT2D eigenvalue weighted by Crippen LogP contribution is 2.22. The minimum Gasteiger partial charge on any atom is -0.480 e. The molecule has 1 aliphatic heterocycles. The Hall–Kier alpha value is -2.18. The van der Waals surface area contributed by atoms with E-state index < -0.39 is 11.5 Å². The van der Waals surface area contributed by atoms with E-state index in [9.17, 15) is 14.7 Å². The molecule has 0 aliphatic carbocycles. The molecule has 1 amide bonds. The van der Waals surface area contributed by atoms with Gasteiger partial charge in [-0.15, -0.1) is 0 Å². The van der Waals surface area contributed by atoms with E-state index in [4.69, 9.17) is 0 Å². The molecule has 7 nitrogen and oxygen atoms in total. The van der Waals surface area contributed by atoms with E-state index in [1.807, 2.05) is 0 Å². The van der Waals surface area contributed by atoms with Crippen molar-refractivity contribution < 1.29 is 14.7 Å². The molecule has 2 rings (SSSR count). The minimum atomic E-state index is -1.20. The predicted octanol–water partition coefficient (Wildman–Crippen LogP) is 1.06. The van der Waals surface area contributed by atoms with Crippen LogP contribution in [0.1, 0.15) is 33.1 Å². The molecule has 120 valence electrons. The zero-order valence-corrected chi connectivity index (χ0v) is 13.0. The molecule has 7 heteroatoms. The Balaban J connectivity index is 1.91. The molecule has 1 aromatic rings. The first-order valence-corrected chi connectivity index (χ1v) is 7.52. The molecule has 0 saturated carbocycles. The van der Waals surface area contributed by atoms with Gasteiger partial charge in [-0.1, -0.05) is 6.92 Å². The van der Waals surface area contributed by atoms with Crippen LogP contribution in [0.5, 0.6) is 0 Å². The Morgan fingerprint density at radius 2 is 2.09 bits per heavy atom. The average Bonchev–Trinajstić information content (AvgIpc) is 2.55. The number of carboxylic acids is 1. The molecule has 1 unspecified atom stereocenters. The van der Waals surface area contributed by atoms with E-state index in [2.05, 4.69) is 20.2 Å². The number of aliphatic carboxylic acids is 1. The fourth-order valence-electron chi connectivity index (χ4n) is 2.49. The van der Waals surface area contributed by atoms with Crippen LogP contribution < -0.4 is 10.2 Å². The summed E-state index contributed by atoms with van der Waals surface area (Å²) in [4.78, 5) is 34.0. The summed E-state index contributed by atoms with van der Waals surface area (Å²) in [7, 11) is 0. The van der Waals surface area contributed by atoms with Gasteiger partial charge in [0.15, 0.2) is 0 Å². The van der Waals surface area contributed by atoms with E-state index in [-0.39, 0.29) is 11.8 Å². The van der Waals surface area contributed by atoms with Crippen molar-refractivity contribution in [1.82, 2.24) is 15.3 Å². The Morgan fingerprint density at radius 1 is 1.41 bits per heavy atom. The van der Waals surface area contributed by atoms with Crippen molar-refractivity contribution in [3.8, 4) is 0 Å². The van der Waals surface area contributed by atoms with Crippen LogP contribution in [0.2, 0.25) is 0 Å². The molecule has 0 spiro atoms. The van der Waals surface area contributed by atoms with Crippen LogP contribution in [-0.2, 0) is 9.59 Å². The first kappa shape index (κ1) is 16.2. The minimum absolute atomic E-state index is 0.154. The Labute approximate surface area is 129 Å². The van der Waals surface area contributed by atoms with Gasteiger partial charge in [0, 0.05) is 31.4 Å². The molecule has 2 N–H and O–H groups in total. The second-order valence-corrected chi connectivity index (χ2v) is 5.80. The Kier molecular flexibility index (Phi) is 4.95. The number of carboxylic acid groups (broad SMARTS) is 1. The molecule has 1 saturated heterocycles. The summed E-state index contributed by atoms with van der Waals surface area (Å²) < 4.78 is 0. The number of amides is 1. The summed E-state index contributed by atoms with van der Waals surface area (Å²) in [5.74, 6) is -0.519. The Bertz CT molecular complexity index is 529. The normalized spacial score (nSPS) is 18.5. The first-order valence-electron chi connectivity index (χ1n) is 7.52. The number of aromatic nitrogens is 2. The van der Waals surface area contributed by atoms with E-state index in [0.29, 0.717) is 32.4 Å². The number of carbonyl (C=O) groups excluding carboxylic acids is 1. The number of piperidine rings is 1. The fraction of sp³-hybridized carbons (Fsp3) is 0.600. The van der Waals surface area contributed by atoms with Gasteiger partial charge in [-0.05, 0) is 26.2 Å². The number of anilines is 1. The van der Waals surface area contributed by atoms with Crippen molar-refractivity contribution >= 4 is 17.7 Å². The molecule has 22 heavy (non-hydrogen) atoms. The highest BCUT2D eigenvalue weighted by Gasteiger charge is 2.35. The van der Waals surface area contributed by atoms with E-state index in [0.717, 1.165) is 5.82 Å². The van der Waals surface area contributed by atoms with Crippen molar-refractivity contribution in [2.24, 2.45) is 5.92 Å². The standard InChI is InChI=1S/C15H22N4O3/c1-3-15(2,14(21)22)18-13(20)11-4-8-19(9-5-11)12-10-16-6-7-17-12/h6-7,10-11H,3-5,8-9H2,1-2H3,(H,18,20)(H,21,22). The quantitative estimate of drug-likeness (QED) is 0.844. The number of hydrogen-bond acceptors (Lipinski definition) is 5. The smallest absolute Gasteiger partial charge is 0.329 e. The first-order chi connectivity index (χ1) is 10.5. The molecule has 2 heterocycles. The topological polar surface area (TPSA) is 95.4 Å². The summed E-state index contributed by atoms with van der Waals surface area (Å²) in [6.07, 6.45) is 6.70. The van der Waals surface area contributed by atoms with Gasteiger partial charge in [0.25, 0.3) is 0 Å². The maximum atomic E-state index is 12.3. The third kappa shape index (κ3) is 3.52. The molecular formula is C15H22N4O3. The largest absolute Gasteiger partial charge is 0.480 e. The predicted molar refractivity (Wildman–Crippen MR) is 81.4 cm³/mol. The van der Waals surface area contributed by atoms with Crippen molar-refractivity contribution in [3.05, 3.63) is 18.6 Å². The fourth-order valence-corrected chi connectivity index (χ4v) is 2.49. The molecule has 0 bridgehead atoms. The summed E-state index contributed by atoms with van der Waals surface area (Å²) in [6, 6.07) is 0. The van der Waals surface area contributed by atoms with Crippen LogP contribution in [-0.4, -0.2) is 45.6 Å². The molecule has 0 radical (unpaired) electrons. The SMILES string of the molecule is CCC(C)(NC(=O)C1CCN(c2cnccn2)CC1)C(=O)O. The van der Waals surface area contributed by atoms with Gasteiger partial charge in [0.1, 0.15) is 11.4 Å². The Morgan fingerprint density at radius 3 is 2.59 bits per heavy atom. The van der Waals surface area contributed by atoms with E-state index in [1.165, 1.54) is 0 Å². The zero-order chi connectivity index (χ0) is 16.2. The summed E-state index contributed by atoms with van der Waals surface area (Å²) in [5.41, 5.74) is -1.20. The molecule has 1 aromatic heterocycles. The number of nitrogens with zero attached hydrogens (tertiary/aromatic N) is 3. The number of hydrogen-bond donors (Lipinski definition) is 2. The van der Waals surface area contributed by atoms with Crippen molar-refractivity contribution in [1.29, 1.82) is 0 Å². The van der Waals surface area contributed by atoms with Crippen molar-refractivity contribution in [3.63, 3.8) is 0 Å². The van der Waals surface area contributed by atoms with Crippen molar-refractivity contribution in [2.75, 3.05) is 18.0 Å². The van der Waals surface area contributed by atoms with Gasteiger partial charge >= 0.3 is 5.97 Å². The third-order valence-electron chi connectivity index (χ3n) is 4.32. The maximum absolute atomic E-state index is 12.3. The van der Waals surface area contributed by atoms with E-state index in [1.54, 1.807) is 32.4 Å². The average molecular weight is 306 g/mol. The van der Waals surface area contributed by atoms with Crippen LogP contribution in [0.25, 0.3) is 0 Å². The van der Waals surface area contributed by atoms with Crippen LogP contribution in [0.15, 0.2) is 18.6 Å². The highest BCUT2D eigenvalue weighted by atomic mass is 16.4. The monoisotopic (exact) mass is 306 g/mol. The van der Waals surface area contributed by atoms with Crippen LogP contribution >= 0.6 is 0 Å². The van der Waals surface area contributed by atoms with Crippen LogP contribution in [0.4, 0.5) is 5.82 Å². The van der Waals surface area contributed by atoms with Gasteiger partial charge in [-0.2, -0.15) is 0 Å². The lowest BCUT2D eigenvalue weighted by Crippen LogP contribution is -2.54. The van der Waals surface area contributed by atoms with Gasteiger partial charge in [0.2, 0.25) is 5.91 Å². The summed E-state index contributed by atoms with van der Waals surface area (Å²) in [6.45, 7) is 4.73. The lowest BCUT2D eigenvalue weighted by molar-refractivity contribution is -0.147. The zero-order valence-electron chi connectivity index (χ0n) is 13.0. The lowest BCUT2D eigenvalue weighted by Gasteiger charge is -2.34. The molecule has 1 aliphatic rings. The number of carbonyl (C=O) groups is 2. The molecule has 1 atom stereocenters. The van der Waals surface area contributed by atoms with Crippen LogP contribution in [0.3, 0.4) is 0 Å².